The van der Waals surface area contributed by atoms with E-state index in [4.69, 9.17) is 10.9 Å². The van der Waals surface area contributed by atoms with Crippen molar-refractivity contribution in [2.75, 3.05) is 7.05 Å². The summed E-state index contributed by atoms with van der Waals surface area (Å²) in [4.78, 5) is 13.2. The van der Waals surface area contributed by atoms with E-state index in [0.29, 0.717) is 6.54 Å². The molecular formula is C12H17N3O2. The molecule has 0 aromatic heterocycles. The van der Waals surface area contributed by atoms with Crippen LogP contribution in [-0.4, -0.2) is 28.9 Å². The quantitative estimate of drug-likeness (QED) is 0.355. The van der Waals surface area contributed by atoms with Crippen LogP contribution in [0.3, 0.4) is 0 Å². The molecule has 5 heteroatoms. The minimum Gasteiger partial charge on any atom is -0.409 e. The second-order valence-electron chi connectivity index (χ2n) is 4.01. The Morgan fingerprint density at radius 2 is 2.24 bits per heavy atom. The number of hydrogen-bond donors (Lipinski definition) is 2. The van der Waals surface area contributed by atoms with Crippen LogP contribution in [0, 0.1) is 6.92 Å². The highest BCUT2D eigenvalue weighted by Gasteiger charge is 2.11. The molecule has 17 heavy (non-hydrogen) atoms. The maximum absolute atomic E-state index is 11.7. The number of carbonyl (C=O) groups is 1. The zero-order valence-electron chi connectivity index (χ0n) is 10.1. The smallest absolute Gasteiger partial charge is 0.230 e. The van der Waals surface area contributed by atoms with E-state index in [9.17, 15) is 4.79 Å². The zero-order chi connectivity index (χ0) is 12.8. The average molecular weight is 235 g/mol. The maximum atomic E-state index is 11.7. The summed E-state index contributed by atoms with van der Waals surface area (Å²) in [6.07, 6.45) is -0.0706. The molecule has 92 valence electrons. The van der Waals surface area contributed by atoms with Crippen molar-refractivity contribution < 1.29 is 10.0 Å². The van der Waals surface area contributed by atoms with Gasteiger partial charge in [0.25, 0.3) is 0 Å². The Kier molecular flexibility index (Phi) is 4.51. The number of carbonyl (C=O) groups excluding carboxylic acids is 1. The Balaban J connectivity index is 2.60. The van der Waals surface area contributed by atoms with E-state index in [1.54, 1.807) is 11.9 Å². The number of rotatable bonds is 4. The van der Waals surface area contributed by atoms with Crippen LogP contribution in [0.1, 0.15) is 17.5 Å². The molecule has 0 fully saturated rings. The Morgan fingerprint density at radius 3 is 2.82 bits per heavy atom. The molecule has 0 saturated carbocycles. The van der Waals surface area contributed by atoms with Gasteiger partial charge in [-0.3, -0.25) is 4.79 Å². The Hall–Kier alpha value is -2.04. The topological polar surface area (TPSA) is 78.9 Å². The van der Waals surface area contributed by atoms with Gasteiger partial charge in [0.2, 0.25) is 5.91 Å². The van der Waals surface area contributed by atoms with Crippen molar-refractivity contribution in [3.63, 3.8) is 0 Å². The van der Waals surface area contributed by atoms with Gasteiger partial charge in [-0.1, -0.05) is 35.0 Å². The van der Waals surface area contributed by atoms with Crippen LogP contribution < -0.4 is 5.73 Å². The van der Waals surface area contributed by atoms with Crippen molar-refractivity contribution in [2.24, 2.45) is 10.9 Å². The first-order chi connectivity index (χ1) is 8.02. The molecule has 0 heterocycles. The molecule has 1 aromatic rings. The predicted octanol–water partition coefficient (Wildman–Crippen LogP) is 1.09. The highest BCUT2D eigenvalue weighted by molar-refractivity contribution is 5.98. The van der Waals surface area contributed by atoms with Crippen LogP contribution in [0.2, 0.25) is 0 Å². The Bertz CT molecular complexity index is 430. The molecule has 0 unspecified atom stereocenters. The van der Waals surface area contributed by atoms with E-state index in [2.05, 4.69) is 5.16 Å². The van der Waals surface area contributed by atoms with Gasteiger partial charge in [0.15, 0.2) is 0 Å². The first-order valence-electron chi connectivity index (χ1n) is 5.29. The van der Waals surface area contributed by atoms with E-state index in [-0.39, 0.29) is 18.2 Å². The van der Waals surface area contributed by atoms with Gasteiger partial charge in [0.1, 0.15) is 5.84 Å². The molecule has 5 nitrogen and oxygen atoms in total. The van der Waals surface area contributed by atoms with Crippen molar-refractivity contribution in [3.8, 4) is 0 Å². The lowest BCUT2D eigenvalue weighted by molar-refractivity contribution is -0.129. The van der Waals surface area contributed by atoms with E-state index < -0.39 is 0 Å². The van der Waals surface area contributed by atoms with Gasteiger partial charge in [-0.15, -0.1) is 0 Å². The fourth-order valence-electron chi connectivity index (χ4n) is 1.50. The number of amides is 1. The van der Waals surface area contributed by atoms with Crippen LogP contribution in [0.4, 0.5) is 0 Å². The summed E-state index contributed by atoms with van der Waals surface area (Å²) in [5, 5.41) is 11.2. The van der Waals surface area contributed by atoms with Gasteiger partial charge >= 0.3 is 0 Å². The molecule has 0 spiro atoms. The number of amidine groups is 1. The van der Waals surface area contributed by atoms with Crippen LogP contribution >= 0.6 is 0 Å². The molecule has 1 amide bonds. The second kappa shape index (κ2) is 5.89. The summed E-state index contributed by atoms with van der Waals surface area (Å²) in [6, 6.07) is 7.93. The minimum absolute atomic E-state index is 0.0706. The van der Waals surface area contributed by atoms with Gasteiger partial charge in [-0.05, 0) is 12.5 Å². The molecule has 0 aliphatic heterocycles. The minimum atomic E-state index is -0.179. The molecular weight excluding hydrogens is 218 g/mol. The van der Waals surface area contributed by atoms with Gasteiger partial charge in [0, 0.05) is 13.6 Å². The second-order valence-corrected chi connectivity index (χ2v) is 4.01. The summed E-state index contributed by atoms with van der Waals surface area (Å²) in [7, 11) is 1.69. The molecule has 0 aliphatic rings. The number of nitrogens with zero attached hydrogens (tertiary/aromatic N) is 2. The van der Waals surface area contributed by atoms with Crippen molar-refractivity contribution in [1.82, 2.24) is 4.90 Å². The Morgan fingerprint density at radius 1 is 1.53 bits per heavy atom. The summed E-state index contributed by atoms with van der Waals surface area (Å²) in [6.45, 7) is 2.51. The molecule has 3 N–H and O–H groups in total. The standard InChI is InChI=1S/C12H17N3O2/c1-9-4-3-5-10(6-9)8-15(2)12(16)7-11(13)14-17/h3-6,17H,7-8H2,1-2H3,(H2,13,14). The molecule has 1 aromatic carbocycles. The fraction of sp³-hybridized carbons (Fsp3) is 0.333. The molecule has 0 bridgehead atoms. The van der Waals surface area contributed by atoms with E-state index in [0.717, 1.165) is 11.1 Å². The van der Waals surface area contributed by atoms with Crippen molar-refractivity contribution in [1.29, 1.82) is 0 Å². The lowest BCUT2D eigenvalue weighted by atomic mass is 10.1. The van der Waals surface area contributed by atoms with Gasteiger partial charge in [-0.25, -0.2) is 0 Å². The number of oxime groups is 1. The molecule has 1 rings (SSSR count). The summed E-state index contributed by atoms with van der Waals surface area (Å²) >= 11 is 0. The monoisotopic (exact) mass is 235 g/mol. The fourth-order valence-corrected chi connectivity index (χ4v) is 1.50. The largest absolute Gasteiger partial charge is 0.409 e. The number of nitrogens with two attached hydrogens (primary N) is 1. The molecule has 0 aliphatic carbocycles. The van der Waals surface area contributed by atoms with Crippen molar-refractivity contribution in [2.45, 2.75) is 19.9 Å². The van der Waals surface area contributed by atoms with E-state index in [1.807, 2.05) is 31.2 Å². The molecule has 0 saturated heterocycles. The summed E-state index contributed by atoms with van der Waals surface area (Å²) in [5.41, 5.74) is 7.49. The summed E-state index contributed by atoms with van der Waals surface area (Å²) < 4.78 is 0. The van der Waals surface area contributed by atoms with Crippen LogP contribution in [0.15, 0.2) is 29.4 Å². The normalized spacial score (nSPS) is 11.3. The maximum Gasteiger partial charge on any atom is 0.230 e. The van der Waals surface area contributed by atoms with Crippen LogP contribution in [0.5, 0.6) is 0 Å². The average Bonchev–Trinajstić information content (AvgIpc) is 2.28. The first kappa shape index (κ1) is 13.0. The molecule has 0 radical (unpaired) electrons. The third-order valence-electron chi connectivity index (χ3n) is 2.39. The third kappa shape index (κ3) is 4.14. The van der Waals surface area contributed by atoms with Gasteiger partial charge in [-0.2, -0.15) is 0 Å². The van der Waals surface area contributed by atoms with Crippen molar-refractivity contribution in [3.05, 3.63) is 35.4 Å². The Labute approximate surface area is 101 Å². The number of benzene rings is 1. The highest BCUT2D eigenvalue weighted by Crippen LogP contribution is 2.07. The lowest BCUT2D eigenvalue weighted by Gasteiger charge is -2.17. The van der Waals surface area contributed by atoms with Crippen LogP contribution in [0.25, 0.3) is 0 Å². The lowest BCUT2D eigenvalue weighted by Crippen LogP contribution is -2.30. The van der Waals surface area contributed by atoms with Crippen molar-refractivity contribution >= 4 is 11.7 Å². The van der Waals surface area contributed by atoms with E-state index in [1.165, 1.54) is 0 Å². The molecule has 0 atom stereocenters. The van der Waals surface area contributed by atoms with E-state index >= 15 is 0 Å². The number of aryl methyl sites for hydroxylation is 1. The number of hydrogen-bond acceptors (Lipinski definition) is 3. The predicted molar refractivity (Wildman–Crippen MR) is 65.7 cm³/mol. The highest BCUT2D eigenvalue weighted by atomic mass is 16.4. The zero-order valence-corrected chi connectivity index (χ0v) is 10.1. The SMILES string of the molecule is Cc1cccc(CN(C)C(=O)CC(N)=NO)c1. The first-order valence-corrected chi connectivity index (χ1v) is 5.29. The third-order valence-corrected chi connectivity index (χ3v) is 2.39. The van der Waals surface area contributed by atoms with Crippen LogP contribution in [-0.2, 0) is 11.3 Å². The summed E-state index contributed by atoms with van der Waals surface area (Å²) in [5.74, 6) is -0.257. The van der Waals surface area contributed by atoms with Gasteiger partial charge in [0.05, 0.1) is 6.42 Å². The van der Waals surface area contributed by atoms with Gasteiger partial charge < -0.3 is 15.8 Å².